The van der Waals surface area contributed by atoms with Crippen LogP contribution in [0.25, 0.3) is 11.0 Å². The lowest BCUT2D eigenvalue weighted by atomic mass is 10.0. The van der Waals surface area contributed by atoms with Crippen molar-refractivity contribution in [2.24, 2.45) is 5.92 Å². The van der Waals surface area contributed by atoms with Crippen LogP contribution in [0.1, 0.15) is 12.8 Å². The van der Waals surface area contributed by atoms with E-state index in [0.717, 1.165) is 31.7 Å². The van der Waals surface area contributed by atoms with Crippen molar-refractivity contribution < 1.29 is 9.84 Å². The number of hydrogen-bond donors (Lipinski definition) is 1. The van der Waals surface area contributed by atoms with Gasteiger partial charge in [0.15, 0.2) is 5.52 Å². The standard InChI is InChI=1S/C12H15N3O2/c16-11-5-1-4-10-12(11)13-14-15(10)7-9-3-2-6-17-8-9/h1,4-5,9,16H,2-3,6-8H2. The molecule has 1 N–H and O–H groups in total. The maximum absolute atomic E-state index is 9.65. The highest BCUT2D eigenvalue weighted by Gasteiger charge is 2.17. The number of benzene rings is 1. The lowest BCUT2D eigenvalue weighted by Gasteiger charge is -2.21. The Morgan fingerprint density at radius 1 is 1.47 bits per heavy atom. The van der Waals surface area contributed by atoms with E-state index in [9.17, 15) is 5.11 Å². The number of nitrogens with zero attached hydrogens (tertiary/aromatic N) is 3. The van der Waals surface area contributed by atoms with E-state index in [1.807, 2.05) is 16.8 Å². The fraction of sp³-hybridized carbons (Fsp3) is 0.500. The van der Waals surface area contributed by atoms with Gasteiger partial charge in [-0.2, -0.15) is 0 Å². The largest absolute Gasteiger partial charge is 0.506 e. The van der Waals surface area contributed by atoms with Crippen molar-refractivity contribution in [3.05, 3.63) is 18.2 Å². The van der Waals surface area contributed by atoms with E-state index in [0.29, 0.717) is 11.4 Å². The first-order valence-electron chi connectivity index (χ1n) is 5.93. The first kappa shape index (κ1) is 10.5. The third-order valence-electron chi connectivity index (χ3n) is 3.21. The zero-order valence-electron chi connectivity index (χ0n) is 9.54. The second-order valence-electron chi connectivity index (χ2n) is 4.50. The average molecular weight is 233 g/mol. The molecule has 1 aliphatic rings. The third kappa shape index (κ3) is 1.98. The summed E-state index contributed by atoms with van der Waals surface area (Å²) < 4.78 is 7.31. The monoisotopic (exact) mass is 233 g/mol. The predicted octanol–water partition coefficient (Wildman–Crippen LogP) is 1.56. The molecular formula is C12H15N3O2. The molecule has 5 nitrogen and oxygen atoms in total. The minimum Gasteiger partial charge on any atom is -0.506 e. The highest BCUT2D eigenvalue weighted by atomic mass is 16.5. The zero-order valence-corrected chi connectivity index (χ0v) is 9.54. The van der Waals surface area contributed by atoms with Crippen molar-refractivity contribution in [3.63, 3.8) is 0 Å². The molecule has 3 rings (SSSR count). The topological polar surface area (TPSA) is 60.2 Å². The number of hydrogen-bond acceptors (Lipinski definition) is 4. The molecule has 2 aromatic rings. The maximum Gasteiger partial charge on any atom is 0.154 e. The van der Waals surface area contributed by atoms with Crippen LogP contribution in [-0.4, -0.2) is 33.3 Å². The fourth-order valence-electron chi connectivity index (χ4n) is 2.31. The summed E-state index contributed by atoms with van der Waals surface area (Å²) in [6.45, 7) is 2.47. The minimum absolute atomic E-state index is 0.189. The van der Waals surface area contributed by atoms with E-state index in [-0.39, 0.29) is 5.75 Å². The Morgan fingerprint density at radius 2 is 2.41 bits per heavy atom. The molecular weight excluding hydrogens is 218 g/mol. The van der Waals surface area contributed by atoms with Crippen LogP contribution in [0.5, 0.6) is 5.75 Å². The lowest BCUT2D eigenvalue weighted by Crippen LogP contribution is -2.22. The van der Waals surface area contributed by atoms with Gasteiger partial charge in [-0.15, -0.1) is 5.10 Å². The first-order chi connectivity index (χ1) is 8.34. The SMILES string of the molecule is Oc1cccc2c1nnn2CC1CCCOC1. The average Bonchev–Trinajstić information content (AvgIpc) is 2.76. The molecule has 90 valence electrons. The second-order valence-corrected chi connectivity index (χ2v) is 4.50. The van der Waals surface area contributed by atoms with Gasteiger partial charge in [-0.05, 0) is 25.0 Å². The van der Waals surface area contributed by atoms with Crippen molar-refractivity contribution >= 4 is 11.0 Å². The Balaban J connectivity index is 1.87. The van der Waals surface area contributed by atoms with Crippen molar-refractivity contribution in [2.75, 3.05) is 13.2 Å². The van der Waals surface area contributed by atoms with E-state index in [2.05, 4.69) is 10.3 Å². The molecule has 0 saturated carbocycles. The summed E-state index contributed by atoms with van der Waals surface area (Å²) in [7, 11) is 0. The molecule has 0 radical (unpaired) electrons. The summed E-state index contributed by atoms with van der Waals surface area (Å²) in [5.41, 5.74) is 1.46. The number of aromatic nitrogens is 3. The summed E-state index contributed by atoms with van der Waals surface area (Å²) in [5, 5.41) is 17.8. The van der Waals surface area contributed by atoms with Gasteiger partial charge >= 0.3 is 0 Å². The molecule has 1 aromatic carbocycles. The second kappa shape index (κ2) is 4.33. The number of aromatic hydroxyl groups is 1. The number of rotatable bonds is 2. The Kier molecular flexibility index (Phi) is 2.68. The van der Waals surface area contributed by atoms with Gasteiger partial charge in [0.05, 0.1) is 12.1 Å². The van der Waals surface area contributed by atoms with Crippen molar-refractivity contribution in [2.45, 2.75) is 19.4 Å². The molecule has 1 saturated heterocycles. The van der Waals surface area contributed by atoms with Gasteiger partial charge in [-0.1, -0.05) is 11.3 Å². The van der Waals surface area contributed by atoms with Gasteiger partial charge in [0, 0.05) is 19.1 Å². The molecule has 1 atom stereocenters. The number of ether oxygens (including phenoxy) is 1. The maximum atomic E-state index is 9.65. The van der Waals surface area contributed by atoms with E-state index in [1.54, 1.807) is 6.07 Å². The Labute approximate surface area is 99.0 Å². The molecule has 0 aliphatic carbocycles. The van der Waals surface area contributed by atoms with Crippen LogP contribution < -0.4 is 0 Å². The van der Waals surface area contributed by atoms with Gasteiger partial charge in [-0.3, -0.25) is 0 Å². The quantitative estimate of drug-likeness (QED) is 0.855. The van der Waals surface area contributed by atoms with Gasteiger partial charge in [0.2, 0.25) is 0 Å². The van der Waals surface area contributed by atoms with Crippen LogP contribution in [0.4, 0.5) is 0 Å². The van der Waals surface area contributed by atoms with Gasteiger partial charge in [0.1, 0.15) is 5.75 Å². The van der Waals surface area contributed by atoms with Crippen LogP contribution in [0.15, 0.2) is 18.2 Å². The summed E-state index contributed by atoms with van der Waals surface area (Å²) in [4.78, 5) is 0. The molecule has 1 fully saturated rings. The molecule has 2 heterocycles. The van der Waals surface area contributed by atoms with Crippen molar-refractivity contribution in [1.29, 1.82) is 0 Å². The van der Waals surface area contributed by atoms with Crippen molar-refractivity contribution in [1.82, 2.24) is 15.0 Å². The van der Waals surface area contributed by atoms with Crippen LogP contribution in [0.2, 0.25) is 0 Å². The normalized spacial score (nSPS) is 20.8. The highest BCUT2D eigenvalue weighted by Crippen LogP contribution is 2.23. The summed E-state index contributed by atoms with van der Waals surface area (Å²) >= 11 is 0. The van der Waals surface area contributed by atoms with Gasteiger partial charge in [-0.25, -0.2) is 4.68 Å². The van der Waals surface area contributed by atoms with E-state index >= 15 is 0 Å². The summed E-state index contributed by atoms with van der Waals surface area (Å²) in [6, 6.07) is 5.37. The van der Waals surface area contributed by atoms with E-state index in [1.165, 1.54) is 6.42 Å². The summed E-state index contributed by atoms with van der Waals surface area (Å²) in [5.74, 6) is 0.685. The number of fused-ring (bicyclic) bond motifs is 1. The van der Waals surface area contributed by atoms with E-state index in [4.69, 9.17) is 4.74 Å². The molecule has 1 aliphatic heterocycles. The van der Waals surface area contributed by atoms with Crippen LogP contribution in [-0.2, 0) is 11.3 Å². The van der Waals surface area contributed by atoms with Gasteiger partial charge < -0.3 is 9.84 Å². The summed E-state index contributed by atoms with van der Waals surface area (Å²) in [6.07, 6.45) is 2.28. The minimum atomic E-state index is 0.189. The van der Waals surface area contributed by atoms with Crippen LogP contribution >= 0.6 is 0 Å². The third-order valence-corrected chi connectivity index (χ3v) is 3.21. The van der Waals surface area contributed by atoms with Crippen molar-refractivity contribution in [3.8, 4) is 5.75 Å². The molecule has 1 unspecified atom stereocenters. The number of phenols is 1. The van der Waals surface area contributed by atoms with Gasteiger partial charge in [0.25, 0.3) is 0 Å². The zero-order chi connectivity index (χ0) is 11.7. The molecule has 1 aromatic heterocycles. The number of phenolic OH excluding ortho intramolecular Hbond substituents is 1. The molecule has 0 spiro atoms. The molecule has 5 heteroatoms. The molecule has 17 heavy (non-hydrogen) atoms. The first-order valence-corrected chi connectivity index (χ1v) is 5.93. The molecule has 0 amide bonds. The molecule has 0 bridgehead atoms. The highest BCUT2D eigenvalue weighted by molar-refractivity contribution is 5.80. The Bertz CT molecular complexity index is 517. The smallest absolute Gasteiger partial charge is 0.154 e. The fourth-order valence-corrected chi connectivity index (χ4v) is 2.31. The lowest BCUT2D eigenvalue weighted by molar-refractivity contribution is 0.0473. The van der Waals surface area contributed by atoms with Crippen LogP contribution in [0.3, 0.4) is 0 Å². The Morgan fingerprint density at radius 3 is 3.24 bits per heavy atom. The van der Waals surface area contributed by atoms with E-state index < -0.39 is 0 Å². The predicted molar refractivity (Wildman–Crippen MR) is 62.7 cm³/mol. The van der Waals surface area contributed by atoms with Crippen LogP contribution in [0, 0.1) is 5.92 Å². The Hall–Kier alpha value is -1.62.